The molecule has 3 nitrogen and oxygen atoms in total. The maximum atomic E-state index is 12.4. The molecule has 106 valence electrons. The fraction of sp³-hybridized carbons (Fsp3) is 0.562. The van der Waals surface area contributed by atoms with E-state index in [1.54, 1.807) is 0 Å². The molecule has 0 aliphatic carbocycles. The Hall–Kier alpha value is -1.35. The lowest BCUT2D eigenvalue weighted by Gasteiger charge is -2.30. The number of amides is 1. The highest BCUT2D eigenvalue weighted by Crippen LogP contribution is 2.13. The van der Waals surface area contributed by atoms with Crippen molar-refractivity contribution < 1.29 is 4.79 Å². The van der Waals surface area contributed by atoms with E-state index in [1.165, 1.54) is 5.56 Å². The Morgan fingerprint density at radius 1 is 1.26 bits per heavy atom. The van der Waals surface area contributed by atoms with Crippen molar-refractivity contribution in [1.29, 1.82) is 0 Å². The van der Waals surface area contributed by atoms with Crippen LogP contribution in [-0.4, -0.2) is 22.9 Å². The minimum absolute atomic E-state index is 0.0338. The van der Waals surface area contributed by atoms with Crippen LogP contribution in [0.4, 0.5) is 0 Å². The summed E-state index contributed by atoms with van der Waals surface area (Å²) in [6.07, 6.45) is 0. The van der Waals surface area contributed by atoms with Crippen LogP contribution < -0.4 is 5.73 Å². The van der Waals surface area contributed by atoms with Gasteiger partial charge in [0, 0.05) is 12.6 Å². The summed E-state index contributed by atoms with van der Waals surface area (Å²) in [4.78, 5) is 14.3. The first kappa shape index (κ1) is 15.7. The van der Waals surface area contributed by atoms with Gasteiger partial charge in [-0.05, 0) is 32.3 Å². The fourth-order valence-corrected chi connectivity index (χ4v) is 2.00. The molecule has 0 heterocycles. The molecule has 0 aromatic heterocycles. The standard InChI is InChI=1S/C16H26N2O/c1-11(2)15(17)16(19)18(12(3)4)10-14-8-6-7-13(5)9-14/h6-9,11-12,15H,10,17H2,1-5H3/t15-/m0/s1. The molecule has 0 saturated carbocycles. The number of benzene rings is 1. The van der Waals surface area contributed by atoms with E-state index in [0.717, 1.165) is 5.56 Å². The molecule has 3 heteroatoms. The Balaban J connectivity index is 2.87. The van der Waals surface area contributed by atoms with E-state index in [2.05, 4.69) is 25.1 Å². The number of carbonyl (C=O) groups is 1. The van der Waals surface area contributed by atoms with Gasteiger partial charge in [0.1, 0.15) is 0 Å². The minimum Gasteiger partial charge on any atom is -0.335 e. The normalized spacial score (nSPS) is 12.8. The van der Waals surface area contributed by atoms with Crippen molar-refractivity contribution in [3.05, 3.63) is 35.4 Å². The lowest BCUT2D eigenvalue weighted by Crippen LogP contribution is -2.48. The summed E-state index contributed by atoms with van der Waals surface area (Å²) in [6.45, 7) is 10.7. The van der Waals surface area contributed by atoms with Crippen molar-refractivity contribution in [2.75, 3.05) is 0 Å². The lowest BCUT2D eigenvalue weighted by atomic mass is 10.0. The van der Waals surface area contributed by atoms with Gasteiger partial charge in [-0.3, -0.25) is 4.79 Å². The van der Waals surface area contributed by atoms with Crippen LogP contribution in [0.3, 0.4) is 0 Å². The zero-order valence-electron chi connectivity index (χ0n) is 12.7. The summed E-state index contributed by atoms with van der Waals surface area (Å²) in [7, 11) is 0. The molecule has 0 aliphatic heterocycles. The van der Waals surface area contributed by atoms with Crippen LogP contribution in [0.1, 0.15) is 38.8 Å². The molecule has 0 bridgehead atoms. The zero-order chi connectivity index (χ0) is 14.6. The van der Waals surface area contributed by atoms with Crippen molar-refractivity contribution in [1.82, 2.24) is 4.90 Å². The molecule has 1 atom stereocenters. The highest BCUT2D eigenvalue weighted by atomic mass is 16.2. The van der Waals surface area contributed by atoms with Gasteiger partial charge in [-0.15, -0.1) is 0 Å². The molecular weight excluding hydrogens is 236 g/mol. The van der Waals surface area contributed by atoms with Gasteiger partial charge < -0.3 is 10.6 Å². The average Bonchev–Trinajstić information content (AvgIpc) is 2.33. The minimum atomic E-state index is -0.424. The monoisotopic (exact) mass is 262 g/mol. The quantitative estimate of drug-likeness (QED) is 0.887. The van der Waals surface area contributed by atoms with Gasteiger partial charge in [0.15, 0.2) is 0 Å². The SMILES string of the molecule is Cc1cccc(CN(C(=O)[C@@H](N)C(C)C)C(C)C)c1. The second-order valence-electron chi connectivity index (χ2n) is 5.82. The molecule has 1 rings (SSSR count). The predicted molar refractivity (Wildman–Crippen MR) is 79.7 cm³/mol. The van der Waals surface area contributed by atoms with Crippen molar-refractivity contribution in [2.24, 2.45) is 11.7 Å². The predicted octanol–water partition coefficient (Wildman–Crippen LogP) is 2.72. The first-order valence-corrected chi connectivity index (χ1v) is 6.94. The average molecular weight is 262 g/mol. The second kappa shape index (κ2) is 6.71. The van der Waals surface area contributed by atoms with Crippen LogP contribution >= 0.6 is 0 Å². The van der Waals surface area contributed by atoms with Gasteiger partial charge in [-0.1, -0.05) is 43.7 Å². The summed E-state index contributed by atoms with van der Waals surface area (Å²) < 4.78 is 0. The maximum absolute atomic E-state index is 12.4. The van der Waals surface area contributed by atoms with Gasteiger partial charge in [0.05, 0.1) is 6.04 Å². The number of aryl methyl sites for hydroxylation is 1. The Labute approximate surface area is 116 Å². The Morgan fingerprint density at radius 3 is 2.37 bits per heavy atom. The van der Waals surface area contributed by atoms with E-state index in [0.29, 0.717) is 6.54 Å². The molecular formula is C16H26N2O. The van der Waals surface area contributed by atoms with Crippen LogP contribution in [0.5, 0.6) is 0 Å². The molecule has 1 amide bonds. The third-order valence-corrected chi connectivity index (χ3v) is 3.35. The summed E-state index contributed by atoms with van der Waals surface area (Å²) in [6, 6.07) is 7.98. The summed E-state index contributed by atoms with van der Waals surface area (Å²) >= 11 is 0. The van der Waals surface area contributed by atoms with Gasteiger partial charge in [0.25, 0.3) is 0 Å². The fourth-order valence-electron chi connectivity index (χ4n) is 2.00. The summed E-state index contributed by atoms with van der Waals surface area (Å²) in [5.74, 6) is 0.192. The van der Waals surface area contributed by atoms with Crippen molar-refractivity contribution >= 4 is 5.91 Å². The zero-order valence-corrected chi connectivity index (χ0v) is 12.7. The smallest absolute Gasteiger partial charge is 0.240 e. The van der Waals surface area contributed by atoms with Gasteiger partial charge in [-0.25, -0.2) is 0 Å². The number of hydrogen-bond donors (Lipinski definition) is 1. The van der Waals surface area contributed by atoms with Crippen molar-refractivity contribution in [2.45, 2.75) is 53.2 Å². The Kier molecular flexibility index (Phi) is 5.55. The molecule has 2 N–H and O–H groups in total. The molecule has 0 unspecified atom stereocenters. The number of carbonyl (C=O) groups excluding carboxylic acids is 1. The third kappa shape index (κ3) is 4.35. The molecule has 0 saturated heterocycles. The molecule has 0 aliphatic rings. The summed E-state index contributed by atoms with van der Waals surface area (Å²) in [5, 5.41) is 0. The number of nitrogens with zero attached hydrogens (tertiary/aromatic N) is 1. The van der Waals surface area contributed by atoms with Crippen LogP contribution in [0.15, 0.2) is 24.3 Å². The van der Waals surface area contributed by atoms with Crippen LogP contribution in [-0.2, 0) is 11.3 Å². The third-order valence-electron chi connectivity index (χ3n) is 3.35. The Morgan fingerprint density at radius 2 is 1.89 bits per heavy atom. The first-order chi connectivity index (χ1) is 8.82. The van der Waals surface area contributed by atoms with E-state index in [9.17, 15) is 4.79 Å². The van der Waals surface area contributed by atoms with E-state index < -0.39 is 6.04 Å². The van der Waals surface area contributed by atoms with Gasteiger partial charge in [0.2, 0.25) is 5.91 Å². The van der Waals surface area contributed by atoms with E-state index in [-0.39, 0.29) is 17.9 Å². The van der Waals surface area contributed by atoms with Gasteiger partial charge in [-0.2, -0.15) is 0 Å². The van der Waals surface area contributed by atoms with E-state index in [4.69, 9.17) is 5.73 Å². The Bertz CT molecular complexity index is 427. The molecule has 19 heavy (non-hydrogen) atoms. The number of nitrogens with two attached hydrogens (primary N) is 1. The molecule has 0 radical (unpaired) electrons. The van der Waals surface area contributed by atoms with Crippen LogP contribution in [0.25, 0.3) is 0 Å². The van der Waals surface area contributed by atoms with E-state index in [1.807, 2.05) is 38.7 Å². The van der Waals surface area contributed by atoms with Crippen LogP contribution in [0, 0.1) is 12.8 Å². The molecule has 1 aromatic carbocycles. The first-order valence-electron chi connectivity index (χ1n) is 6.94. The van der Waals surface area contributed by atoms with Crippen molar-refractivity contribution in [3.63, 3.8) is 0 Å². The van der Waals surface area contributed by atoms with E-state index >= 15 is 0 Å². The number of rotatable bonds is 5. The van der Waals surface area contributed by atoms with Crippen LogP contribution in [0.2, 0.25) is 0 Å². The molecule has 1 aromatic rings. The highest BCUT2D eigenvalue weighted by Gasteiger charge is 2.25. The topological polar surface area (TPSA) is 46.3 Å². The number of hydrogen-bond acceptors (Lipinski definition) is 2. The van der Waals surface area contributed by atoms with Crippen molar-refractivity contribution in [3.8, 4) is 0 Å². The maximum Gasteiger partial charge on any atom is 0.240 e. The molecule has 0 spiro atoms. The van der Waals surface area contributed by atoms with Gasteiger partial charge >= 0.3 is 0 Å². The molecule has 0 fully saturated rings. The largest absolute Gasteiger partial charge is 0.335 e. The second-order valence-corrected chi connectivity index (χ2v) is 5.82. The highest BCUT2D eigenvalue weighted by molar-refractivity contribution is 5.82. The summed E-state index contributed by atoms with van der Waals surface area (Å²) in [5.41, 5.74) is 8.35. The lowest BCUT2D eigenvalue weighted by molar-refractivity contribution is -0.136.